The fourth-order valence-corrected chi connectivity index (χ4v) is 3.62. The first kappa shape index (κ1) is 19.4. The van der Waals surface area contributed by atoms with Crippen LogP contribution in [0.4, 0.5) is 5.00 Å². The van der Waals surface area contributed by atoms with Crippen molar-refractivity contribution in [2.24, 2.45) is 0 Å². The highest BCUT2D eigenvalue weighted by atomic mass is 32.1. The zero-order valence-electron chi connectivity index (χ0n) is 14.9. The number of methoxy groups -OCH3 is 1. The molecule has 1 amide bonds. The lowest BCUT2D eigenvalue weighted by Gasteiger charge is -2.10. The zero-order valence-corrected chi connectivity index (χ0v) is 15.7. The third-order valence-electron chi connectivity index (χ3n) is 3.75. The monoisotopic (exact) mass is 373 g/mol. The molecule has 0 fully saturated rings. The molecule has 1 aromatic heterocycles. The lowest BCUT2D eigenvalue weighted by atomic mass is 9.95. The molecule has 0 saturated heterocycles. The van der Waals surface area contributed by atoms with E-state index in [1.165, 1.54) is 18.4 Å². The van der Waals surface area contributed by atoms with Gasteiger partial charge in [0.1, 0.15) is 10.6 Å². The predicted molar refractivity (Wildman–Crippen MR) is 101 cm³/mol. The van der Waals surface area contributed by atoms with Crippen molar-refractivity contribution in [3.05, 3.63) is 51.9 Å². The van der Waals surface area contributed by atoms with E-state index in [-0.39, 0.29) is 5.56 Å². The van der Waals surface area contributed by atoms with E-state index >= 15 is 0 Å². The highest BCUT2D eigenvalue weighted by Gasteiger charge is 2.25. The minimum atomic E-state index is -1.23. The summed E-state index contributed by atoms with van der Waals surface area (Å²) >= 11 is 1.24. The van der Waals surface area contributed by atoms with Gasteiger partial charge in [-0.15, -0.1) is 11.3 Å². The Bertz CT molecular complexity index is 911. The van der Waals surface area contributed by atoms with Crippen LogP contribution in [0, 0.1) is 20.8 Å². The van der Waals surface area contributed by atoms with Crippen LogP contribution < -0.4 is 5.32 Å². The summed E-state index contributed by atoms with van der Waals surface area (Å²) in [6.07, 6.45) is 1.63. The molecule has 136 valence electrons. The topological polar surface area (TPSA) is 92.7 Å². The molecule has 0 saturated carbocycles. The third-order valence-corrected chi connectivity index (χ3v) is 4.77. The fraction of sp³-hybridized carbons (Fsp3) is 0.211. The van der Waals surface area contributed by atoms with Crippen molar-refractivity contribution in [3.63, 3.8) is 0 Å². The molecule has 0 bridgehead atoms. The van der Waals surface area contributed by atoms with Gasteiger partial charge >= 0.3 is 11.9 Å². The number of benzene rings is 1. The van der Waals surface area contributed by atoms with Crippen LogP contribution in [0.1, 0.15) is 26.4 Å². The molecular weight excluding hydrogens is 354 g/mol. The SMILES string of the molecule is COC(=O)c1c(NC(=O)/C=C\C(=O)O)sc(C)c1-c1cc(C)ccc1C. The van der Waals surface area contributed by atoms with Crippen LogP contribution >= 0.6 is 11.3 Å². The van der Waals surface area contributed by atoms with Crippen molar-refractivity contribution in [3.8, 4) is 11.1 Å². The molecule has 1 heterocycles. The molecule has 0 radical (unpaired) electrons. The van der Waals surface area contributed by atoms with E-state index in [0.717, 1.165) is 33.7 Å². The van der Waals surface area contributed by atoms with E-state index in [1.807, 2.05) is 39.0 Å². The Kier molecular flexibility index (Phi) is 5.94. The first-order chi connectivity index (χ1) is 12.2. The zero-order chi connectivity index (χ0) is 19.4. The molecule has 2 N–H and O–H groups in total. The Labute approximate surface area is 155 Å². The minimum absolute atomic E-state index is 0.265. The maximum Gasteiger partial charge on any atom is 0.341 e. The number of ether oxygens (including phenoxy) is 1. The molecule has 1 aromatic carbocycles. The van der Waals surface area contributed by atoms with Gasteiger partial charge in [-0.2, -0.15) is 0 Å². The molecule has 6 nitrogen and oxygen atoms in total. The van der Waals surface area contributed by atoms with Crippen LogP contribution in [0.5, 0.6) is 0 Å². The quantitative estimate of drug-likeness (QED) is 0.616. The van der Waals surface area contributed by atoms with Crippen molar-refractivity contribution < 1.29 is 24.2 Å². The Morgan fingerprint density at radius 1 is 1.15 bits per heavy atom. The van der Waals surface area contributed by atoms with Gasteiger partial charge < -0.3 is 15.2 Å². The molecule has 0 spiro atoms. The lowest BCUT2D eigenvalue weighted by molar-refractivity contribution is -0.131. The number of thiophene rings is 1. The second-order valence-electron chi connectivity index (χ2n) is 5.71. The number of carbonyl (C=O) groups is 3. The summed E-state index contributed by atoms with van der Waals surface area (Å²) in [6, 6.07) is 5.93. The number of rotatable bonds is 5. The second-order valence-corrected chi connectivity index (χ2v) is 6.93. The van der Waals surface area contributed by atoms with Crippen molar-refractivity contribution in [1.29, 1.82) is 0 Å². The number of esters is 1. The number of anilines is 1. The molecular formula is C19H19NO5S. The summed E-state index contributed by atoms with van der Waals surface area (Å²) in [5, 5.41) is 11.5. The Hall–Kier alpha value is -2.93. The summed E-state index contributed by atoms with van der Waals surface area (Å²) in [4.78, 5) is 35.8. The molecule has 0 aliphatic heterocycles. The smallest absolute Gasteiger partial charge is 0.341 e. The maximum atomic E-state index is 12.4. The Morgan fingerprint density at radius 3 is 2.46 bits per heavy atom. The summed E-state index contributed by atoms with van der Waals surface area (Å²) in [7, 11) is 1.28. The molecule has 0 aliphatic carbocycles. The van der Waals surface area contributed by atoms with E-state index in [2.05, 4.69) is 5.32 Å². The van der Waals surface area contributed by atoms with Crippen LogP contribution in [0.25, 0.3) is 11.1 Å². The molecule has 7 heteroatoms. The number of carboxylic acids is 1. The van der Waals surface area contributed by atoms with Gasteiger partial charge in [0.05, 0.1) is 7.11 Å². The predicted octanol–water partition coefficient (Wildman–Crippen LogP) is 3.71. The molecule has 2 aromatic rings. The van der Waals surface area contributed by atoms with Crippen LogP contribution in [0.2, 0.25) is 0 Å². The highest BCUT2D eigenvalue weighted by molar-refractivity contribution is 7.17. The van der Waals surface area contributed by atoms with E-state index in [4.69, 9.17) is 9.84 Å². The van der Waals surface area contributed by atoms with Gasteiger partial charge in [-0.05, 0) is 31.9 Å². The number of amides is 1. The van der Waals surface area contributed by atoms with Gasteiger partial charge in [-0.1, -0.05) is 23.8 Å². The van der Waals surface area contributed by atoms with Gasteiger partial charge in [-0.25, -0.2) is 9.59 Å². The van der Waals surface area contributed by atoms with Gasteiger partial charge in [0, 0.05) is 22.6 Å². The number of carbonyl (C=O) groups excluding carboxylic acids is 2. The number of carboxylic acid groups (broad SMARTS) is 1. The maximum absolute atomic E-state index is 12.4. The second kappa shape index (κ2) is 7.97. The number of hydrogen-bond acceptors (Lipinski definition) is 5. The average molecular weight is 373 g/mol. The first-order valence-electron chi connectivity index (χ1n) is 7.76. The van der Waals surface area contributed by atoms with Crippen LogP contribution in [0.15, 0.2) is 30.4 Å². The van der Waals surface area contributed by atoms with Gasteiger partial charge in [0.15, 0.2) is 0 Å². The molecule has 0 atom stereocenters. The normalized spacial score (nSPS) is 10.8. The van der Waals surface area contributed by atoms with Gasteiger partial charge in [0.2, 0.25) is 5.91 Å². The molecule has 26 heavy (non-hydrogen) atoms. The van der Waals surface area contributed by atoms with Crippen LogP contribution in [-0.4, -0.2) is 30.1 Å². The van der Waals surface area contributed by atoms with E-state index in [1.54, 1.807) is 0 Å². The van der Waals surface area contributed by atoms with Crippen molar-refractivity contribution in [2.45, 2.75) is 20.8 Å². The standard InChI is InChI=1S/C19H19NO5S/c1-10-5-6-11(2)13(9-10)16-12(3)26-18(17(16)19(24)25-4)20-14(21)7-8-15(22)23/h5-9H,1-4H3,(H,20,21)(H,22,23)/b8-7-. The summed E-state index contributed by atoms with van der Waals surface area (Å²) in [5.74, 6) is -2.43. The van der Waals surface area contributed by atoms with Crippen molar-refractivity contribution in [1.82, 2.24) is 0 Å². The molecule has 2 rings (SSSR count). The number of nitrogens with one attached hydrogen (secondary N) is 1. The van der Waals surface area contributed by atoms with Crippen molar-refractivity contribution >= 4 is 34.2 Å². The van der Waals surface area contributed by atoms with Gasteiger partial charge in [-0.3, -0.25) is 4.79 Å². The van der Waals surface area contributed by atoms with Crippen LogP contribution in [-0.2, 0) is 14.3 Å². The van der Waals surface area contributed by atoms with Gasteiger partial charge in [0.25, 0.3) is 0 Å². The molecule has 0 unspecified atom stereocenters. The molecule has 0 aliphatic rings. The van der Waals surface area contributed by atoms with E-state index in [9.17, 15) is 14.4 Å². The van der Waals surface area contributed by atoms with E-state index < -0.39 is 17.8 Å². The minimum Gasteiger partial charge on any atom is -0.478 e. The number of hydrogen-bond donors (Lipinski definition) is 2. The summed E-state index contributed by atoms with van der Waals surface area (Å²) in [5.41, 5.74) is 3.90. The highest BCUT2D eigenvalue weighted by Crippen LogP contribution is 2.41. The summed E-state index contributed by atoms with van der Waals surface area (Å²) < 4.78 is 4.91. The Morgan fingerprint density at radius 2 is 1.85 bits per heavy atom. The van der Waals surface area contributed by atoms with Crippen LogP contribution in [0.3, 0.4) is 0 Å². The average Bonchev–Trinajstić information content (AvgIpc) is 2.90. The van der Waals surface area contributed by atoms with E-state index in [0.29, 0.717) is 10.6 Å². The van der Waals surface area contributed by atoms with Crippen molar-refractivity contribution in [2.75, 3.05) is 12.4 Å². The lowest BCUT2D eigenvalue weighted by Crippen LogP contribution is -2.12. The summed E-state index contributed by atoms with van der Waals surface area (Å²) in [6.45, 7) is 5.76. The number of aryl methyl sites for hydroxylation is 3. The Balaban J connectivity index is 2.58. The largest absolute Gasteiger partial charge is 0.478 e. The fourth-order valence-electron chi connectivity index (χ4n) is 2.56. The first-order valence-corrected chi connectivity index (χ1v) is 8.57. The number of aliphatic carboxylic acids is 1. The third kappa shape index (κ3) is 4.18.